The topological polar surface area (TPSA) is 99.1 Å². The average molecular weight is 469 g/mol. The Morgan fingerprint density at radius 1 is 0.941 bits per heavy atom. The molecule has 0 bridgehead atoms. The molecule has 1 heterocycles. The van der Waals surface area contributed by atoms with Crippen molar-refractivity contribution in [3.63, 3.8) is 0 Å². The summed E-state index contributed by atoms with van der Waals surface area (Å²) in [7, 11) is 0. The van der Waals surface area contributed by atoms with Crippen LogP contribution < -0.4 is 9.47 Å². The van der Waals surface area contributed by atoms with Gasteiger partial charge in [0.1, 0.15) is 11.5 Å². The van der Waals surface area contributed by atoms with Crippen molar-refractivity contribution >= 4 is 17.5 Å². The Bertz CT molecular complexity index is 1070. The zero-order valence-electron chi connectivity index (χ0n) is 20.4. The fourth-order valence-corrected chi connectivity index (χ4v) is 5.24. The van der Waals surface area contributed by atoms with Crippen molar-refractivity contribution < 1.29 is 33.7 Å². The lowest BCUT2D eigenvalue weighted by Crippen LogP contribution is -2.37. The highest BCUT2D eigenvalue weighted by atomic mass is 16.5. The van der Waals surface area contributed by atoms with E-state index in [1.807, 2.05) is 6.92 Å². The third kappa shape index (κ3) is 4.61. The molecule has 1 aromatic rings. The SMILES string of the molecule is CCOc1cc(C2C3=C(CC(C)(C)CC3=O)OC3=C2C(=O)CC(C)(C)C3)ccc1OCC(=O)O. The molecule has 7 heteroatoms. The number of carboxylic acids is 1. The number of aliphatic carboxylic acids is 1. The van der Waals surface area contributed by atoms with Gasteiger partial charge < -0.3 is 19.3 Å². The van der Waals surface area contributed by atoms with Gasteiger partial charge >= 0.3 is 5.97 Å². The lowest BCUT2D eigenvalue weighted by atomic mass is 9.65. The monoisotopic (exact) mass is 468 g/mol. The first kappa shape index (κ1) is 24.0. The molecule has 0 atom stereocenters. The van der Waals surface area contributed by atoms with Gasteiger partial charge in [0.25, 0.3) is 0 Å². The van der Waals surface area contributed by atoms with E-state index in [2.05, 4.69) is 27.7 Å². The van der Waals surface area contributed by atoms with E-state index in [0.29, 0.717) is 66.5 Å². The normalized spacial score (nSPS) is 21.6. The number of hydrogen-bond acceptors (Lipinski definition) is 6. The highest BCUT2D eigenvalue weighted by Gasteiger charge is 2.47. The molecule has 0 spiro atoms. The number of ketones is 2. The molecular formula is C27H32O7. The van der Waals surface area contributed by atoms with Crippen LogP contribution in [0.25, 0.3) is 0 Å². The molecule has 0 saturated heterocycles. The van der Waals surface area contributed by atoms with Crippen LogP contribution in [0.2, 0.25) is 0 Å². The number of carbonyl (C=O) groups is 3. The molecule has 0 saturated carbocycles. The Morgan fingerprint density at radius 2 is 1.50 bits per heavy atom. The number of rotatable bonds is 6. The maximum Gasteiger partial charge on any atom is 0.341 e. The Balaban J connectivity index is 1.86. The highest BCUT2D eigenvalue weighted by molar-refractivity contribution is 6.06. The molecule has 7 nitrogen and oxygen atoms in total. The van der Waals surface area contributed by atoms with Gasteiger partial charge in [-0.1, -0.05) is 33.8 Å². The molecule has 34 heavy (non-hydrogen) atoms. The number of carbonyl (C=O) groups excluding carboxylic acids is 2. The molecule has 0 amide bonds. The van der Waals surface area contributed by atoms with Crippen LogP contribution in [-0.4, -0.2) is 35.9 Å². The number of ether oxygens (including phenoxy) is 3. The Labute approximate surface area is 199 Å². The van der Waals surface area contributed by atoms with Crippen molar-refractivity contribution in [2.24, 2.45) is 10.8 Å². The molecule has 0 aromatic heterocycles. The third-order valence-electron chi connectivity index (χ3n) is 6.53. The maximum absolute atomic E-state index is 13.4. The molecule has 1 N–H and O–H groups in total. The van der Waals surface area contributed by atoms with Crippen LogP contribution in [-0.2, 0) is 19.1 Å². The standard InChI is InChI=1S/C27H32O7/c1-6-32-19-9-15(7-8-18(19)33-14-22(30)31)23-24-16(28)10-26(2,3)12-20(24)34-21-13-27(4,5)11-17(29)25(21)23/h7-9,23H,6,10-14H2,1-5H3,(H,30,31). The van der Waals surface area contributed by atoms with Gasteiger partial charge in [-0.15, -0.1) is 0 Å². The van der Waals surface area contributed by atoms with Gasteiger partial charge in [0, 0.05) is 42.7 Å². The number of hydrogen-bond donors (Lipinski definition) is 1. The minimum absolute atomic E-state index is 0.00963. The number of Topliss-reactive ketones (excluding diaryl/α,β-unsaturated/α-hetero) is 2. The van der Waals surface area contributed by atoms with Gasteiger partial charge in [0.05, 0.1) is 6.61 Å². The summed E-state index contributed by atoms with van der Waals surface area (Å²) in [4.78, 5) is 37.8. The minimum Gasteiger partial charge on any atom is -0.490 e. The molecule has 1 aromatic carbocycles. The third-order valence-corrected chi connectivity index (χ3v) is 6.53. The Hall–Kier alpha value is -3.09. The van der Waals surface area contributed by atoms with Crippen molar-refractivity contribution in [1.29, 1.82) is 0 Å². The maximum atomic E-state index is 13.4. The first-order valence-electron chi connectivity index (χ1n) is 11.7. The van der Waals surface area contributed by atoms with E-state index in [0.717, 1.165) is 5.56 Å². The highest BCUT2D eigenvalue weighted by Crippen LogP contribution is 2.53. The second kappa shape index (κ2) is 8.60. The molecule has 1 aliphatic heterocycles. The first-order valence-corrected chi connectivity index (χ1v) is 11.7. The summed E-state index contributed by atoms with van der Waals surface area (Å²) in [6.07, 6.45) is 2.00. The van der Waals surface area contributed by atoms with E-state index < -0.39 is 18.5 Å². The molecule has 4 rings (SSSR count). The molecule has 0 fully saturated rings. The summed E-state index contributed by atoms with van der Waals surface area (Å²) in [5, 5.41) is 8.99. The lowest BCUT2D eigenvalue weighted by Gasteiger charge is -2.42. The summed E-state index contributed by atoms with van der Waals surface area (Å²) < 4.78 is 17.5. The molecule has 0 radical (unpaired) electrons. The second-order valence-corrected chi connectivity index (χ2v) is 10.9. The largest absolute Gasteiger partial charge is 0.490 e. The summed E-state index contributed by atoms with van der Waals surface area (Å²) in [6, 6.07) is 5.19. The predicted octanol–water partition coefficient (Wildman–Crippen LogP) is 4.95. The smallest absolute Gasteiger partial charge is 0.341 e. The second-order valence-electron chi connectivity index (χ2n) is 10.9. The van der Waals surface area contributed by atoms with Crippen LogP contribution in [0.4, 0.5) is 0 Å². The summed E-state index contributed by atoms with van der Waals surface area (Å²) in [5.74, 6) is 0.332. The number of benzene rings is 1. The van der Waals surface area contributed by atoms with Crippen LogP contribution in [0.3, 0.4) is 0 Å². The minimum atomic E-state index is -1.09. The summed E-state index contributed by atoms with van der Waals surface area (Å²) in [5.41, 5.74) is 1.38. The quantitative estimate of drug-likeness (QED) is 0.631. The van der Waals surface area contributed by atoms with E-state index in [9.17, 15) is 14.4 Å². The van der Waals surface area contributed by atoms with Crippen molar-refractivity contribution in [2.75, 3.05) is 13.2 Å². The summed E-state index contributed by atoms with van der Waals surface area (Å²) in [6.45, 7) is 9.88. The van der Waals surface area contributed by atoms with Gasteiger partial charge in [-0.05, 0) is 35.4 Å². The van der Waals surface area contributed by atoms with Crippen LogP contribution >= 0.6 is 0 Å². The predicted molar refractivity (Wildman–Crippen MR) is 125 cm³/mol. The Kier molecular flexibility index (Phi) is 6.08. The fraction of sp³-hybridized carbons (Fsp3) is 0.519. The molecule has 0 unspecified atom stereocenters. The zero-order chi connectivity index (χ0) is 24.8. The van der Waals surface area contributed by atoms with Crippen molar-refractivity contribution in [3.05, 3.63) is 46.4 Å². The van der Waals surface area contributed by atoms with Gasteiger partial charge in [-0.3, -0.25) is 9.59 Å². The molecule has 3 aliphatic rings. The van der Waals surface area contributed by atoms with Crippen LogP contribution in [0, 0.1) is 10.8 Å². The van der Waals surface area contributed by atoms with E-state index in [4.69, 9.17) is 19.3 Å². The molecule has 182 valence electrons. The Morgan fingerprint density at radius 3 is 2.00 bits per heavy atom. The van der Waals surface area contributed by atoms with E-state index in [1.165, 1.54) is 0 Å². The molecular weight excluding hydrogens is 436 g/mol. The van der Waals surface area contributed by atoms with E-state index >= 15 is 0 Å². The van der Waals surface area contributed by atoms with Crippen molar-refractivity contribution in [2.45, 2.75) is 66.2 Å². The van der Waals surface area contributed by atoms with Crippen LogP contribution in [0.5, 0.6) is 11.5 Å². The van der Waals surface area contributed by atoms with Gasteiger partial charge in [0.2, 0.25) is 0 Å². The fourth-order valence-electron chi connectivity index (χ4n) is 5.24. The molecule has 2 aliphatic carbocycles. The van der Waals surface area contributed by atoms with E-state index in [-0.39, 0.29) is 22.4 Å². The van der Waals surface area contributed by atoms with E-state index in [1.54, 1.807) is 18.2 Å². The van der Waals surface area contributed by atoms with Gasteiger partial charge in [0.15, 0.2) is 29.7 Å². The van der Waals surface area contributed by atoms with Crippen molar-refractivity contribution in [1.82, 2.24) is 0 Å². The van der Waals surface area contributed by atoms with Crippen LogP contribution in [0.1, 0.15) is 71.8 Å². The van der Waals surface area contributed by atoms with Crippen LogP contribution in [0.15, 0.2) is 40.9 Å². The average Bonchev–Trinajstić information content (AvgIpc) is 2.69. The zero-order valence-corrected chi connectivity index (χ0v) is 20.4. The summed E-state index contributed by atoms with van der Waals surface area (Å²) >= 11 is 0. The number of carboxylic acid groups (broad SMARTS) is 1. The van der Waals surface area contributed by atoms with Gasteiger partial charge in [-0.2, -0.15) is 0 Å². The number of allylic oxidation sites excluding steroid dienone is 4. The van der Waals surface area contributed by atoms with Gasteiger partial charge in [-0.25, -0.2) is 4.79 Å². The lowest BCUT2D eigenvalue weighted by molar-refractivity contribution is -0.139. The van der Waals surface area contributed by atoms with Crippen molar-refractivity contribution in [3.8, 4) is 11.5 Å². The first-order chi connectivity index (χ1) is 15.9.